The number of fused-ring (bicyclic) bond motifs is 1. The number of phenolic OH excluding ortho intramolecular Hbond substituents is 1. The van der Waals surface area contributed by atoms with Gasteiger partial charge in [-0.05, 0) is 30.7 Å². The number of carbonyl (C=O) groups is 1. The Kier molecular flexibility index (Phi) is 3.57. The maximum atomic E-state index is 12.5. The zero-order valence-corrected chi connectivity index (χ0v) is 12.7. The normalized spacial score (nSPS) is 10.7. The summed E-state index contributed by atoms with van der Waals surface area (Å²) in [6.07, 6.45) is 0. The average molecular weight is 309 g/mol. The Morgan fingerprint density at radius 2 is 1.87 bits per heavy atom. The van der Waals surface area contributed by atoms with Gasteiger partial charge in [-0.1, -0.05) is 24.3 Å². The van der Waals surface area contributed by atoms with Crippen molar-refractivity contribution in [3.05, 3.63) is 64.1 Å². The van der Waals surface area contributed by atoms with Gasteiger partial charge in [0.2, 0.25) is 0 Å². The van der Waals surface area contributed by atoms with Gasteiger partial charge in [-0.25, -0.2) is 4.68 Å². The number of aryl methyl sites for hydroxylation is 2. The zero-order chi connectivity index (χ0) is 16.6. The van der Waals surface area contributed by atoms with E-state index in [4.69, 9.17) is 0 Å². The molecule has 0 aliphatic rings. The van der Waals surface area contributed by atoms with Crippen LogP contribution in [0.5, 0.6) is 5.75 Å². The molecule has 3 rings (SSSR count). The number of benzene rings is 2. The van der Waals surface area contributed by atoms with Crippen LogP contribution in [0.3, 0.4) is 0 Å². The number of hydrogen-bond donors (Lipinski definition) is 2. The number of aromatic nitrogens is 2. The van der Waals surface area contributed by atoms with Crippen LogP contribution >= 0.6 is 0 Å². The van der Waals surface area contributed by atoms with E-state index >= 15 is 0 Å². The van der Waals surface area contributed by atoms with Crippen molar-refractivity contribution in [1.29, 1.82) is 0 Å². The molecule has 2 N–H and O–H groups in total. The van der Waals surface area contributed by atoms with Gasteiger partial charge in [-0.15, -0.1) is 0 Å². The van der Waals surface area contributed by atoms with E-state index in [1.165, 1.54) is 7.05 Å². The Morgan fingerprint density at radius 3 is 2.57 bits per heavy atom. The van der Waals surface area contributed by atoms with Gasteiger partial charge in [-0.3, -0.25) is 9.59 Å². The number of aromatic hydroxyl groups is 1. The smallest absolute Gasteiger partial charge is 0.276 e. The summed E-state index contributed by atoms with van der Waals surface area (Å²) in [5, 5.41) is 17.5. The molecule has 0 radical (unpaired) electrons. The molecule has 0 aliphatic heterocycles. The molecular weight excluding hydrogens is 294 g/mol. The van der Waals surface area contributed by atoms with Gasteiger partial charge >= 0.3 is 0 Å². The number of amides is 1. The highest BCUT2D eigenvalue weighted by Crippen LogP contribution is 2.25. The van der Waals surface area contributed by atoms with Crippen LogP contribution < -0.4 is 10.9 Å². The summed E-state index contributed by atoms with van der Waals surface area (Å²) >= 11 is 0. The van der Waals surface area contributed by atoms with Crippen molar-refractivity contribution >= 4 is 22.4 Å². The van der Waals surface area contributed by atoms with Crippen LogP contribution in [-0.2, 0) is 7.05 Å². The Morgan fingerprint density at radius 1 is 1.17 bits per heavy atom. The van der Waals surface area contributed by atoms with Crippen LogP contribution in [0, 0.1) is 6.92 Å². The Balaban J connectivity index is 2.08. The predicted octanol–water partition coefficient (Wildman–Crippen LogP) is 2.20. The standard InChI is InChI=1S/C17H15N3O3/c1-10-7-8-13(14(21)9-10)18-16(22)15-11-5-3-4-6-12(11)17(23)20(2)19-15/h3-9,21H,1-2H3,(H,18,22). The van der Waals surface area contributed by atoms with Crippen molar-refractivity contribution in [3.8, 4) is 5.75 Å². The molecule has 6 nitrogen and oxygen atoms in total. The van der Waals surface area contributed by atoms with E-state index in [-0.39, 0.29) is 17.0 Å². The van der Waals surface area contributed by atoms with Crippen molar-refractivity contribution in [2.45, 2.75) is 6.92 Å². The van der Waals surface area contributed by atoms with Gasteiger partial charge in [0.1, 0.15) is 5.75 Å². The largest absolute Gasteiger partial charge is 0.506 e. The minimum absolute atomic E-state index is 0.0209. The van der Waals surface area contributed by atoms with E-state index in [9.17, 15) is 14.7 Å². The molecule has 0 aliphatic carbocycles. The summed E-state index contributed by atoms with van der Waals surface area (Å²) in [5.74, 6) is -0.511. The molecule has 2 aromatic carbocycles. The van der Waals surface area contributed by atoms with Gasteiger partial charge in [0.05, 0.1) is 11.1 Å². The number of nitrogens with zero attached hydrogens (tertiary/aromatic N) is 2. The first-order valence-electron chi connectivity index (χ1n) is 7.04. The van der Waals surface area contributed by atoms with Crippen LogP contribution in [0.25, 0.3) is 10.8 Å². The van der Waals surface area contributed by atoms with Crippen LogP contribution in [0.15, 0.2) is 47.3 Å². The molecule has 0 spiro atoms. The van der Waals surface area contributed by atoms with Crippen molar-refractivity contribution in [1.82, 2.24) is 9.78 Å². The van der Waals surface area contributed by atoms with E-state index in [1.54, 1.807) is 42.5 Å². The molecular formula is C17H15N3O3. The summed E-state index contributed by atoms with van der Waals surface area (Å²) in [6, 6.07) is 11.8. The molecule has 0 saturated heterocycles. The molecule has 0 fully saturated rings. The van der Waals surface area contributed by atoms with Crippen LogP contribution in [0.2, 0.25) is 0 Å². The van der Waals surface area contributed by atoms with Gasteiger partial charge in [0.15, 0.2) is 5.69 Å². The summed E-state index contributed by atoms with van der Waals surface area (Å²) in [4.78, 5) is 24.6. The topological polar surface area (TPSA) is 84.2 Å². The van der Waals surface area contributed by atoms with Crippen molar-refractivity contribution in [2.24, 2.45) is 7.05 Å². The zero-order valence-electron chi connectivity index (χ0n) is 12.7. The lowest BCUT2D eigenvalue weighted by Crippen LogP contribution is -2.25. The highest BCUT2D eigenvalue weighted by atomic mass is 16.3. The number of hydrogen-bond acceptors (Lipinski definition) is 4. The third kappa shape index (κ3) is 2.66. The van der Waals surface area contributed by atoms with Gasteiger partial charge in [0, 0.05) is 12.4 Å². The maximum Gasteiger partial charge on any atom is 0.276 e. The third-order valence-electron chi connectivity index (χ3n) is 3.57. The minimum atomic E-state index is -0.490. The molecule has 1 heterocycles. The highest BCUT2D eigenvalue weighted by molar-refractivity contribution is 6.11. The van der Waals surface area contributed by atoms with E-state index in [2.05, 4.69) is 10.4 Å². The third-order valence-corrected chi connectivity index (χ3v) is 3.57. The lowest BCUT2D eigenvalue weighted by Gasteiger charge is -2.10. The molecule has 0 saturated carbocycles. The van der Waals surface area contributed by atoms with Crippen molar-refractivity contribution in [3.63, 3.8) is 0 Å². The number of anilines is 1. The second-order valence-corrected chi connectivity index (χ2v) is 5.30. The van der Waals surface area contributed by atoms with Crippen molar-refractivity contribution in [2.75, 3.05) is 5.32 Å². The Bertz CT molecular complexity index is 976. The second kappa shape index (κ2) is 5.57. The first-order valence-corrected chi connectivity index (χ1v) is 7.04. The summed E-state index contributed by atoms with van der Waals surface area (Å²) in [5.41, 5.74) is 1.03. The number of carbonyl (C=O) groups excluding carboxylic acids is 1. The predicted molar refractivity (Wildman–Crippen MR) is 87.8 cm³/mol. The van der Waals surface area contributed by atoms with Crippen LogP contribution in [0.4, 0.5) is 5.69 Å². The van der Waals surface area contributed by atoms with Crippen LogP contribution in [-0.4, -0.2) is 20.8 Å². The van der Waals surface area contributed by atoms with E-state index in [0.717, 1.165) is 10.2 Å². The lowest BCUT2D eigenvalue weighted by molar-refractivity contribution is 0.102. The van der Waals surface area contributed by atoms with Gasteiger partial charge < -0.3 is 10.4 Å². The summed E-state index contributed by atoms with van der Waals surface area (Å²) in [7, 11) is 1.49. The van der Waals surface area contributed by atoms with Gasteiger partial charge in [-0.2, -0.15) is 5.10 Å². The lowest BCUT2D eigenvalue weighted by atomic mass is 10.1. The first-order chi connectivity index (χ1) is 11.0. The second-order valence-electron chi connectivity index (χ2n) is 5.30. The molecule has 6 heteroatoms. The first kappa shape index (κ1) is 14.8. The van der Waals surface area contributed by atoms with E-state index in [0.29, 0.717) is 16.5 Å². The number of rotatable bonds is 2. The van der Waals surface area contributed by atoms with E-state index in [1.807, 2.05) is 6.92 Å². The SMILES string of the molecule is Cc1ccc(NC(=O)c2nn(C)c(=O)c3ccccc23)c(O)c1. The Hall–Kier alpha value is -3.15. The van der Waals surface area contributed by atoms with Crippen molar-refractivity contribution < 1.29 is 9.90 Å². The maximum absolute atomic E-state index is 12.5. The monoisotopic (exact) mass is 309 g/mol. The molecule has 3 aromatic rings. The number of nitrogens with one attached hydrogen (secondary N) is 1. The highest BCUT2D eigenvalue weighted by Gasteiger charge is 2.16. The van der Waals surface area contributed by atoms with Gasteiger partial charge in [0.25, 0.3) is 11.5 Å². The van der Waals surface area contributed by atoms with Crippen LogP contribution in [0.1, 0.15) is 16.1 Å². The quantitative estimate of drug-likeness (QED) is 0.711. The fourth-order valence-electron chi connectivity index (χ4n) is 2.40. The molecule has 116 valence electrons. The fraction of sp³-hybridized carbons (Fsp3) is 0.118. The Labute approximate surface area is 132 Å². The summed E-state index contributed by atoms with van der Waals surface area (Å²) < 4.78 is 1.13. The molecule has 0 atom stereocenters. The molecule has 1 aromatic heterocycles. The minimum Gasteiger partial charge on any atom is -0.506 e. The molecule has 0 unspecified atom stereocenters. The average Bonchev–Trinajstić information content (AvgIpc) is 2.53. The molecule has 0 bridgehead atoms. The van der Waals surface area contributed by atoms with E-state index < -0.39 is 5.91 Å². The number of phenols is 1. The fourth-order valence-corrected chi connectivity index (χ4v) is 2.40. The molecule has 1 amide bonds. The molecule has 23 heavy (non-hydrogen) atoms. The summed E-state index contributed by atoms with van der Waals surface area (Å²) in [6.45, 7) is 1.84.